The molecule has 0 heterocycles. The number of methoxy groups -OCH3 is 1. The van der Waals surface area contributed by atoms with Gasteiger partial charge in [0.05, 0.1) is 19.8 Å². The van der Waals surface area contributed by atoms with Gasteiger partial charge in [-0.05, 0) is 57.2 Å². The number of nitrogens with one attached hydrogen (secondary N) is 1. The number of hydrogen-bond acceptors (Lipinski definition) is 4. The van der Waals surface area contributed by atoms with Crippen LogP contribution in [0.4, 0.5) is 5.69 Å². The molecular formula is C20H27N3O3. The van der Waals surface area contributed by atoms with Crippen molar-refractivity contribution in [2.75, 3.05) is 19.0 Å². The van der Waals surface area contributed by atoms with E-state index < -0.39 is 0 Å². The van der Waals surface area contributed by atoms with E-state index in [2.05, 4.69) is 10.3 Å². The third-order valence-electron chi connectivity index (χ3n) is 3.41. The van der Waals surface area contributed by atoms with Crippen molar-refractivity contribution in [1.82, 2.24) is 0 Å². The van der Waals surface area contributed by atoms with Crippen LogP contribution >= 0.6 is 0 Å². The first-order valence-corrected chi connectivity index (χ1v) is 8.61. The predicted octanol–water partition coefficient (Wildman–Crippen LogP) is 3.68. The Kier molecular flexibility index (Phi) is 7.14. The highest BCUT2D eigenvalue weighted by molar-refractivity contribution is 5.92. The molecule has 140 valence electrons. The summed E-state index contributed by atoms with van der Waals surface area (Å²) in [6, 6.07) is 15.1. The number of nitrogens with zero attached hydrogens (tertiary/aromatic N) is 1. The summed E-state index contributed by atoms with van der Waals surface area (Å²) >= 11 is 0. The summed E-state index contributed by atoms with van der Waals surface area (Å²) in [4.78, 5) is 4.33. The Morgan fingerprint density at radius 3 is 2.27 bits per heavy atom. The van der Waals surface area contributed by atoms with Crippen LogP contribution in [0.1, 0.15) is 20.8 Å². The van der Waals surface area contributed by atoms with E-state index in [1.165, 1.54) is 0 Å². The molecule has 0 aliphatic carbocycles. The van der Waals surface area contributed by atoms with E-state index in [4.69, 9.17) is 19.9 Å². The number of ether oxygens (including phenoxy) is 3. The van der Waals surface area contributed by atoms with Gasteiger partial charge < -0.3 is 25.3 Å². The summed E-state index contributed by atoms with van der Waals surface area (Å²) in [6.07, 6.45) is -0.00126. The highest BCUT2D eigenvalue weighted by Crippen LogP contribution is 2.26. The lowest BCUT2D eigenvalue weighted by Gasteiger charge is -2.15. The van der Waals surface area contributed by atoms with E-state index in [9.17, 15) is 0 Å². The van der Waals surface area contributed by atoms with E-state index >= 15 is 0 Å². The highest BCUT2D eigenvalue weighted by Gasteiger charge is 2.08. The largest absolute Gasteiger partial charge is 0.493 e. The SMILES string of the molecule is COc1ccccc1OC(C)CN=C(N)Nc1ccc(OC(C)C)cc1. The van der Waals surface area contributed by atoms with Crippen molar-refractivity contribution in [3.63, 3.8) is 0 Å². The molecule has 0 radical (unpaired) electrons. The van der Waals surface area contributed by atoms with Gasteiger partial charge in [0.15, 0.2) is 17.5 Å². The van der Waals surface area contributed by atoms with Crippen molar-refractivity contribution in [2.45, 2.75) is 33.0 Å². The molecule has 0 bridgehead atoms. The van der Waals surface area contributed by atoms with Gasteiger partial charge in [-0.25, -0.2) is 4.99 Å². The van der Waals surface area contributed by atoms with Gasteiger partial charge in [0.1, 0.15) is 11.9 Å². The second-order valence-corrected chi connectivity index (χ2v) is 6.12. The number of rotatable bonds is 8. The molecule has 1 unspecified atom stereocenters. The lowest BCUT2D eigenvalue weighted by Crippen LogP contribution is -2.25. The number of guanidine groups is 1. The summed E-state index contributed by atoms with van der Waals surface area (Å²) in [6.45, 7) is 6.34. The van der Waals surface area contributed by atoms with Crippen LogP contribution in [0.5, 0.6) is 17.2 Å². The Labute approximate surface area is 155 Å². The predicted molar refractivity (Wildman–Crippen MR) is 105 cm³/mol. The molecule has 0 aromatic heterocycles. The van der Waals surface area contributed by atoms with Crippen LogP contribution in [0.2, 0.25) is 0 Å². The molecule has 6 heteroatoms. The number of para-hydroxylation sites is 2. The Morgan fingerprint density at radius 2 is 1.65 bits per heavy atom. The minimum atomic E-state index is -0.145. The quantitative estimate of drug-likeness (QED) is 0.557. The summed E-state index contributed by atoms with van der Waals surface area (Å²) in [5.74, 6) is 2.53. The highest BCUT2D eigenvalue weighted by atomic mass is 16.5. The van der Waals surface area contributed by atoms with Crippen LogP contribution < -0.4 is 25.3 Å². The standard InChI is InChI=1S/C20H27N3O3/c1-14(2)25-17-11-9-16(10-12-17)23-20(21)22-13-15(3)26-19-8-6-5-7-18(19)24-4/h5-12,14-15H,13H2,1-4H3,(H3,21,22,23). The van der Waals surface area contributed by atoms with Gasteiger partial charge in [0.2, 0.25) is 0 Å². The number of hydrogen-bond donors (Lipinski definition) is 2. The van der Waals surface area contributed by atoms with Gasteiger partial charge in [0, 0.05) is 5.69 Å². The van der Waals surface area contributed by atoms with Gasteiger partial charge in [-0.15, -0.1) is 0 Å². The molecule has 2 aromatic carbocycles. The molecule has 2 aromatic rings. The first kappa shape index (κ1) is 19.4. The first-order valence-electron chi connectivity index (χ1n) is 8.61. The van der Waals surface area contributed by atoms with Crippen molar-refractivity contribution >= 4 is 11.6 Å². The fourth-order valence-corrected chi connectivity index (χ4v) is 2.27. The number of nitrogens with two attached hydrogens (primary N) is 1. The summed E-state index contributed by atoms with van der Waals surface area (Å²) in [7, 11) is 1.62. The van der Waals surface area contributed by atoms with Crippen molar-refractivity contribution in [3.05, 3.63) is 48.5 Å². The van der Waals surface area contributed by atoms with E-state index in [1.54, 1.807) is 7.11 Å². The maximum atomic E-state index is 5.95. The van der Waals surface area contributed by atoms with Crippen molar-refractivity contribution in [1.29, 1.82) is 0 Å². The van der Waals surface area contributed by atoms with Crippen LogP contribution in [0.25, 0.3) is 0 Å². The second kappa shape index (κ2) is 9.56. The molecule has 0 amide bonds. The van der Waals surface area contributed by atoms with E-state index in [1.807, 2.05) is 69.3 Å². The van der Waals surface area contributed by atoms with E-state index in [-0.39, 0.29) is 12.2 Å². The van der Waals surface area contributed by atoms with E-state index in [0.29, 0.717) is 24.0 Å². The topological polar surface area (TPSA) is 78.1 Å². The molecule has 6 nitrogen and oxygen atoms in total. The second-order valence-electron chi connectivity index (χ2n) is 6.12. The fourth-order valence-electron chi connectivity index (χ4n) is 2.27. The third kappa shape index (κ3) is 6.20. The summed E-state index contributed by atoms with van der Waals surface area (Å²) in [5, 5.41) is 3.06. The van der Waals surface area contributed by atoms with Gasteiger partial charge in [0.25, 0.3) is 0 Å². The van der Waals surface area contributed by atoms with Crippen LogP contribution in [-0.4, -0.2) is 31.8 Å². The minimum absolute atomic E-state index is 0.144. The first-order chi connectivity index (χ1) is 12.5. The Morgan fingerprint density at radius 1 is 1.00 bits per heavy atom. The number of benzene rings is 2. The lowest BCUT2D eigenvalue weighted by molar-refractivity contribution is 0.219. The number of anilines is 1. The molecule has 0 aliphatic rings. The molecule has 1 atom stereocenters. The van der Waals surface area contributed by atoms with Crippen LogP contribution in [0.15, 0.2) is 53.5 Å². The summed E-state index contributed by atoms with van der Waals surface area (Å²) in [5.41, 5.74) is 6.80. The molecule has 0 spiro atoms. The van der Waals surface area contributed by atoms with Crippen molar-refractivity contribution in [2.24, 2.45) is 10.7 Å². The molecule has 0 fully saturated rings. The summed E-state index contributed by atoms with van der Waals surface area (Å²) < 4.78 is 16.7. The average molecular weight is 357 g/mol. The Hall–Kier alpha value is -2.89. The normalized spacial score (nSPS) is 12.6. The zero-order chi connectivity index (χ0) is 18.9. The smallest absolute Gasteiger partial charge is 0.193 e. The molecule has 0 aliphatic heterocycles. The number of aliphatic imine (C=N–C) groups is 1. The van der Waals surface area contributed by atoms with Gasteiger partial charge in [-0.2, -0.15) is 0 Å². The van der Waals surface area contributed by atoms with Crippen LogP contribution in [0, 0.1) is 0 Å². The maximum absolute atomic E-state index is 5.95. The maximum Gasteiger partial charge on any atom is 0.193 e. The zero-order valence-corrected chi connectivity index (χ0v) is 15.7. The van der Waals surface area contributed by atoms with Gasteiger partial charge in [-0.1, -0.05) is 12.1 Å². The molecule has 0 saturated heterocycles. The minimum Gasteiger partial charge on any atom is -0.493 e. The molecule has 3 N–H and O–H groups in total. The Bertz CT molecular complexity index is 714. The van der Waals surface area contributed by atoms with E-state index in [0.717, 1.165) is 11.4 Å². The molecule has 26 heavy (non-hydrogen) atoms. The van der Waals surface area contributed by atoms with Crippen molar-refractivity contribution < 1.29 is 14.2 Å². The van der Waals surface area contributed by atoms with Crippen LogP contribution in [-0.2, 0) is 0 Å². The third-order valence-corrected chi connectivity index (χ3v) is 3.41. The Balaban J connectivity index is 1.87. The monoisotopic (exact) mass is 357 g/mol. The molecular weight excluding hydrogens is 330 g/mol. The van der Waals surface area contributed by atoms with Gasteiger partial charge >= 0.3 is 0 Å². The van der Waals surface area contributed by atoms with Crippen LogP contribution in [0.3, 0.4) is 0 Å². The lowest BCUT2D eigenvalue weighted by atomic mass is 10.3. The molecule has 0 saturated carbocycles. The average Bonchev–Trinajstić information content (AvgIpc) is 2.62. The van der Waals surface area contributed by atoms with Gasteiger partial charge in [-0.3, -0.25) is 0 Å². The molecule has 2 rings (SSSR count). The van der Waals surface area contributed by atoms with Crippen molar-refractivity contribution in [3.8, 4) is 17.2 Å². The fraction of sp³-hybridized carbons (Fsp3) is 0.350. The zero-order valence-electron chi connectivity index (χ0n) is 15.7.